The van der Waals surface area contributed by atoms with Gasteiger partial charge in [0.05, 0.1) is 16.2 Å². The fourth-order valence-electron chi connectivity index (χ4n) is 3.54. The van der Waals surface area contributed by atoms with Gasteiger partial charge >= 0.3 is 0 Å². The van der Waals surface area contributed by atoms with Gasteiger partial charge in [0.2, 0.25) is 0 Å². The van der Waals surface area contributed by atoms with Crippen molar-refractivity contribution in [3.8, 4) is 0 Å². The largest absolute Gasteiger partial charge is 0.396 e. The van der Waals surface area contributed by atoms with Crippen molar-refractivity contribution >= 4 is 17.3 Å². The van der Waals surface area contributed by atoms with E-state index < -0.39 is 4.92 Å². The van der Waals surface area contributed by atoms with Gasteiger partial charge in [-0.1, -0.05) is 0 Å². The number of piperidine rings is 1. The summed E-state index contributed by atoms with van der Waals surface area (Å²) in [7, 11) is 0. The fourth-order valence-corrected chi connectivity index (χ4v) is 3.54. The van der Waals surface area contributed by atoms with Crippen molar-refractivity contribution in [1.29, 1.82) is 0 Å². The zero-order valence-electron chi connectivity index (χ0n) is 14.3. The molecule has 0 radical (unpaired) electrons. The van der Waals surface area contributed by atoms with Gasteiger partial charge in [-0.05, 0) is 50.5 Å². The van der Waals surface area contributed by atoms with Crippen LogP contribution >= 0.6 is 0 Å². The molecule has 1 amide bonds. The molecule has 2 aliphatic rings. The van der Waals surface area contributed by atoms with Gasteiger partial charge < -0.3 is 15.3 Å². The molecule has 2 fully saturated rings. The Bertz CT molecular complexity index is 639. The Kier molecular flexibility index (Phi) is 5.53. The number of aliphatic hydroxyl groups excluding tert-OH is 1. The van der Waals surface area contributed by atoms with Gasteiger partial charge in [-0.3, -0.25) is 14.9 Å². The molecule has 1 saturated carbocycles. The summed E-state index contributed by atoms with van der Waals surface area (Å²) in [6.07, 6.45) is 5.92. The Balaban J connectivity index is 1.86. The zero-order valence-corrected chi connectivity index (χ0v) is 14.3. The summed E-state index contributed by atoms with van der Waals surface area (Å²) in [6, 6.07) is 4.47. The van der Waals surface area contributed by atoms with E-state index >= 15 is 0 Å². The number of hydrogen-bond acceptors (Lipinski definition) is 5. The van der Waals surface area contributed by atoms with E-state index in [0.29, 0.717) is 17.9 Å². The number of nitrogens with one attached hydrogen (secondary N) is 1. The van der Waals surface area contributed by atoms with Gasteiger partial charge in [-0.2, -0.15) is 0 Å². The van der Waals surface area contributed by atoms with E-state index in [9.17, 15) is 20.0 Å². The second kappa shape index (κ2) is 7.82. The maximum atomic E-state index is 12.9. The maximum Gasteiger partial charge on any atom is 0.270 e. The van der Waals surface area contributed by atoms with Crippen LogP contribution in [-0.4, -0.2) is 41.7 Å². The van der Waals surface area contributed by atoms with Gasteiger partial charge in [0.15, 0.2) is 0 Å². The molecule has 1 aliphatic heterocycles. The van der Waals surface area contributed by atoms with Crippen LogP contribution in [0.25, 0.3) is 0 Å². The van der Waals surface area contributed by atoms with Crippen molar-refractivity contribution in [3.63, 3.8) is 0 Å². The summed E-state index contributed by atoms with van der Waals surface area (Å²) < 4.78 is 0. The van der Waals surface area contributed by atoms with Crippen LogP contribution in [0.5, 0.6) is 0 Å². The third-order valence-electron chi connectivity index (χ3n) is 5.08. The first-order chi connectivity index (χ1) is 12.1. The molecule has 7 nitrogen and oxygen atoms in total. The first kappa shape index (κ1) is 17.7. The molecular formula is C18H25N3O4. The highest BCUT2D eigenvalue weighted by Gasteiger charge is 2.33. The number of hydrogen-bond donors (Lipinski definition) is 2. The Hall–Kier alpha value is -2.15. The summed E-state index contributed by atoms with van der Waals surface area (Å²) in [6.45, 7) is 1.75. The number of nitrogens with zero attached hydrogens (tertiary/aromatic N) is 2. The minimum Gasteiger partial charge on any atom is -0.396 e. The molecule has 7 heteroatoms. The van der Waals surface area contributed by atoms with E-state index in [0.717, 1.165) is 44.5 Å². The highest BCUT2D eigenvalue weighted by molar-refractivity contribution is 6.00. The van der Waals surface area contributed by atoms with E-state index in [2.05, 4.69) is 10.2 Å². The van der Waals surface area contributed by atoms with Crippen LogP contribution in [0.2, 0.25) is 0 Å². The minimum atomic E-state index is -0.469. The fraction of sp³-hybridized carbons (Fsp3) is 0.611. The molecule has 1 aromatic carbocycles. The van der Waals surface area contributed by atoms with Gasteiger partial charge in [0.1, 0.15) is 0 Å². The van der Waals surface area contributed by atoms with Crippen LogP contribution in [-0.2, 0) is 0 Å². The first-order valence-corrected chi connectivity index (χ1v) is 9.05. The molecule has 3 rings (SSSR count). The SMILES string of the molecule is O=C(NC(CCO)C1CC1)c1cc([N+](=O)[O-])ccc1N1CCCCC1. The summed E-state index contributed by atoms with van der Waals surface area (Å²) in [5.41, 5.74) is 1.05. The molecule has 1 unspecified atom stereocenters. The summed E-state index contributed by atoms with van der Waals surface area (Å²) in [4.78, 5) is 25.7. The minimum absolute atomic E-state index is 0.0232. The number of benzene rings is 1. The smallest absolute Gasteiger partial charge is 0.270 e. The number of anilines is 1. The standard InChI is InChI=1S/C18H25N3O4/c22-11-8-16(13-4-5-13)19-18(23)15-12-14(21(24)25)6-7-17(15)20-9-2-1-3-10-20/h6-7,12-13,16,22H,1-5,8-11H2,(H,19,23). The van der Waals surface area contributed by atoms with E-state index in [1.54, 1.807) is 6.07 Å². The van der Waals surface area contributed by atoms with Crippen LogP contribution in [0.1, 0.15) is 48.9 Å². The lowest BCUT2D eigenvalue weighted by atomic mass is 10.0. The Labute approximate surface area is 147 Å². The van der Waals surface area contributed by atoms with Crippen LogP contribution in [0.3, 0.4) is 0 Å². The normalized spacial score (nSPS) is 18.7. The van der Waals surface area contributed by atoms with E-state index in [-0.39, 0.29) is 24.2 Å². The quantitative estimate of drug-likeness (QED) is 0.583. The predicted molar refractivity (Wildman–Crippen MR) is 94.8 cm³/mol. The molecule has 136 valence electrons. The van der Waals surface area contributed by atoms with Crippen LogP contribution in [0.4, 0.5) is 11.4 Å². The molecule has 2 N–H and O–H groups in total. The van der Waals surface area contributed by atoms with E-state index in [1.165, 1.54) is 18.6 Å². The Morgan fingerprint density at radius 2 is 2.04 bits per heavy atom. The number of non-ortho nitro benzene ring substituents is 1. The van der Waals surface area contributed by atoms with E-state index in [1.807, 2.05) is 0 Å². The highest BCUT2D eigenvalue weighted by Crippen LogP contribution is 2.35. The number of nitro groups is 1. The number of amides is 1. The second-order valence-electron chi connectivity index (χ2n) is 6.94. The lowest BCUT2D eigenvalue weighted by molar-refractivity contribution is -0.384. The van der Waals surface area contributed by atoms with Crippen molar-refractivity contribution < 1.29 is 14.8 Å². The maximum absolute atomic E-state index is 12.9. The second-order valence-corrected chi connectivity index (χ2v) is 6.94. The molecule has 1 aromatic rings. The Morgan fingerprint density at radius 3 is 2.64 bits per heavy atom. The lowest BCUT2D eigenvalue weighted by Crippen LogP contribution is -2.38. The van der Waals surface area contributed by atoms with Crippen molar-refractivity contribution in [2.75, 3.05) is 24.6 Å². The van der Waals surface area contributed by atoms with Crippen molar-refractivity contribution in [3.05, 3.63) is 33.9 Å². The van der Waals surface area contributed by atoms with Gasteiger partial charge in [0, 0.05) is 37.9 Å². The third kappa shape index (κ3) is 4.28. The lowest BCUT2D eigenvalue weighted by Gasteiger charge is -2.30. The summed E-state index contributed by atoms with van der Waals surface area (Å²) >= 11 is 0. The highest BCUT2D eigenvalue weighted by atomic mass is 16.6. The molecule has 25 heavy (non-hydrogen) atoms. The van der Waals surface area contributed by atoms with E-state index in [4.69, 9.17) is 0 Å². The molecule has 0 aromatic heterocycles. The monoisotopic (exact) mass is 347 g/mol. The Morgan fingerprint density at radius 1 is 1.32 bits per heavy atom. The number of nitro benzene ring substituents is 1. The van der Waals surface area contributed by atoms with Crippen molar-refractivity contribution in [2.24, 2.45) is 5.92 Å². The van der Waals surface area contributed by atoms with Crippen LogP contribution in [0.15, 0.2) is 18.2 Å². The average molecular weight is 347 g/mol. The number of aliphatic hydroxyl groups is 1. The van der Waals surface area contributed by atoms with Gasteiger partial charge in [-0.25, -0.2) is 0 Å². The molecular weight excluding hydrogens is 322 g/mol. The van der Waals surface area contributed by atoms with Crippen molar-refractivity contribution in [2.45, 2.75) is 44.6 Å². The molecule has 1 atom stereocenters. The number of carbonyl (C=O) groups excluding carboxylic acids is 1. The van der Waals surface area contributed by atoms with Gasteiger partial charge in [-0.15, -0.1) is 0 Å². The third-order valence-corrected chi connectivity index (χ3v) is 5.08. The number of rotatable bonds is 7. The topological polar surface area (TPSA) is 95.7 Å². The van der Waals surface area contributed by atoms with Crippen molar-refractivity contribution in [1.82, 2.24) is 5.32 Å². The molecule has 0 bridgehead atoms. The van der Waals surface area contributed by atoms with Crippen LogP contribution < -0.4 is 10.2 Å². The number of carbonyl (C=O) groups is 1. The summed E-state index contributed by atoms with van der Waals surface area (Å²) in [5, 5.41) is 23.4. The molecule has 1 aliphatic carbocycles. The predicted octanol–water partition coefficient (Wildman–Crippen LogP) is 2.48. The molecule has 1 saturated heterocycles. The zero-order chi connectivity index (χ0) is 17.8. The molecule has 0 spiro atoms. The van der Waals surface area contributed by atoms with Crippen LogP contribution in [0, 0.1) is 16.0 Å². The summed E-state index contributed by atoms with van der Waals surface area (Å²) in [5.74, 6) is 0.128. The molecule has 1 heterocycles. The first-order valence-electron chi connectivity index (χ1n) is 9.05. The average Bonchev–Trinajstić information content (AvgIpc) is 3.46. The van der Waals surface area contributed by atoms with Gasteiger partial charge in [0.25, 0.3) is 11.6 Å².